The van der Waals surface area contributed by atoms with Crippen molar-refractivity contribution in [1.29, 1.82) is 0 Å². The zero-order valence-electron chi connectivity index (χ0n) is 14.9. The maximum Gasteiger partial charge on any atom is 0.305 e. The normalized spacial score (nSPS) is 10.5. The number of amides is 1. The van der Waals surface area contributed by atoms with Crippen molar-refractivity contribution in [3.63, 3.8) is 0 Å². The van der Waals surface area contributed by atoms with Crippen LogP contribution in [0.5, 0.6) is 0 Å². The van der Waals surface area contributed by atoms with E-state index in [9.17, 15) is 9.59 Å². The van der Waals surface area contributed by atoms with Crippen LogP contribution in [0.15, 0.2) is 29.4 Å². The molecule has 3 N–H and O–H groups in total. The average Bonchev–Trinajstić information content (AvgIpc) is 2.98. The number of aromatic nitrogens is 3. The van der Waals surface area contributed by atoms with Crippen molar-refractivity contribution < 1.29 is 14.3 Å². The van der Waals surface area contributed by atoms with Gasteiger partial charge in [0.1, 0.15) is 0 Å². The van der Waals surface area contributed by atoms with Gasteiger partial charge >= 0.3 is 5.97 Å². The summed E-state index contributed by atoms with van der Waals surface area (Å²) in [5.74, 6) is 6.34. The van der Waals surface area contributed by atoms with E-state index < -0.39 is 0 Å². The number of ether oxygens (including phenoxy) is 1. The first-order valence-electron chi connectivity index (χ1n) is 8.34. The quantitative estimate of drug-likeness (QED) is 0.295. The Morgan fingerprint density at radius 2 is 2.00 bits per heavy atom. The van der Waals surface area contributed by atoms with Gasteiger partial charge in [-0.25, -0.2) is 4.68 Å². The molecule has 0 aliphatic rings. The van der Waals surface area contributed by atoms with Gasteiger partial charge < -0.3 is 15.9 Å². The first kappa shape index (κ1) is 19.8. The van der Waals surface area contributed by atoms with Gasteiger partial charge in [0.2, 0.25) is 11.1 Å². The average molecular weight is 377 g/mol. The number of carbonyl (C=O) groups excluding carboxylic acids is 2. The first-order chi connectivity index (χ1) is 12.5. The number of hydrogen-bond acceptors (Lipinski definition) is 7. The van der Waals surface area contributed by atoms with Crippen LogP contribution in [-0.4, -0.2) is 45.7 Å². The summed E-state index contributed by atoms with van der Waals surface area (Å²) in [6.07, 6.45) is 0.832. The van der Waals surface area contributed by atoms with Gasteiger partial charge in [0.05, 0.1) is 12.4 Å². The van der Waals surface area contributed by atoms with Gasteiger partial charge in [-0.3, -0.25) is 9.59 Å². The molecule has 1 heterocycles. The Balaban J connectivity index is 1.78. The van der Waals surface area contributed by atoms with E-state index in [2.05, 4.69) is 15.5 Å². The molecule has 0 radical (unpaired) electrons. The molecular formula is C17H23N5O3S. The highest BCUT2D eigenvalue weighted by Gasteiger charge is 2.13. The Morgan fingerprint density at radius 3 is 2.69 bits per heavy atom. The standard InChI is InChI=1S/C17H23N5O3S/c1-3-25-15(24)5-4-10-19-14(23)11-26-17-21-20-16(22(17)18)13-8-6-12(2)7-9-13/h6-9H,3-5,10-11,18H2,1-2H3,(H,19,23). The topological polar surface area (TPSA) is 112 Å². The molecule has 0 saturated carbocycles. The van der Waals surface area contributed by atoms with E-state index in [0.717, 1.165) is 11.1 Å². The fraction of sp³-hybridized carbons (Fsp3) is 0.412. The number of rotatable bonds is 9. The lowest BCUT2D eigenvalue weighted by atomic mass is 10.1. The van der Waals surface area contributed by atoms with Gasteiger partial charge in [-0.05, 0) is 20.3 Å². The van der Waals surface area contributed by atoms with E-state index in [1.807, 2.05) is 31.2 Å². The molecule has 8 nitrogen and oxygen atoms in total. The molecule has 26 heavy (non-hydrogen) atoms. The maximum atomic E-state index is 11.9. The van der Waals surface area contributed by atoms with E-state index in [1.54, 1.807) is 6.92 Å². The van der Waals surface area contributed by atoms with Crippen LogP contribution in [0, 0.1) is 6.92 Å². The predicted octanol–water partition coefficient (Wildman–Crippen LogP) is 1.52. The molecule has 0 bridgehead atoms. The number of nitrogens with one attached hydrogen (secondary N) is 1. The van der Waals surface area contributed by atoms with Crippen molar-refractivity contribution in [3.8, 4) is 11.4 Å². The molecule has 0 unspecified atom stereocenters. The lowest BCUT2D eigenvalue weighted by molar-refractivity contribution is -0.143. The van der Waals surface area contributed by atoms with E-state index in [-0.39, 0.29) is 24.1 Å². The van der Waals surface area contributed by atoms with Crippen molar-refractivity contribution in [2.75, 3.05) is 24.7 Å². The molecule has 140 valence electrons. The summed E-state index contributed by atoms with van der Waals surface area (Å²) in [6.45, 7) is 4.55. The molecule has 9 heteroatoms. The van der Waals surface area contributed by atoms with Crippen molar-refractivity contribution in [1.82, 2.24) is 20.2 Å². The number of carbonyl (C=O) groups is 2. The summed E-state index contributed by atoms with van der Waals surface area (Å²) >= 11 is 1.21. The Kier molecular flexibility index (Phi) is 7.46. The molecule has 0 fully saturated rings. The second kappa shape index (κ2) is 9.81. The molecule has 0 saturated heterocycles. The summed E-state index contributed by atoms with van der Waals surface area (Å²) in [6, 6.07) is 7.79. The zero-order chi connectivity index (χ0) is 18.9. The maximum absolute atomic E-state index is 11.9. The van der Waals surface area contributed by atoms with Crippen molar-refractivity contribution in [3.05, 3.63) is 29.8 Å². The summed E-state index contributed by atoms with van der Waals surface area (Å²) in [5.41, 5.74) is 2.01. The highest BCUT2D eigenvalue weighted by molar-refractivity contribution is 7.99. The number of aryl methyl sites for hydroxylation is 1. The second-order valence-electron chi connectivity index (χ2n) is 5.59. The Hall–Kier alpha value is -2.55. The van der Waals surface area contributed by atoms with Gasteiger partial charge in [0, 0.05) is 18.5 Å². The summed E-state index contributed by atoms with van der Waals surface area (Å²) < 4.78 is 6.20. The Labute approximate surface area is 156 Å². The second-order valence-corrected chi connectivity index (χ2v) is 6.53. The van der Waals surface area contributed by atoms with Gasteiger partial charge in [-0.1, -0.05) is 41.6 Å². The third-order valence-electron chi connectivity index (χ3n) is 3.49. The van der Waals surface area contributed by atoms with Crippen LogP contribution in [0.3, 0.4) is 0 Å². The lowest BCUT2D eigenvalue weighted by Gasteiger charge is -2.06. The van der Waals surface area contributed by atoms with Crippen LogP contribution < -0.4 is 11.2 Å². The summed E-state index contributed by atoms with van der Waals surface area (Å²) in [4.78, 5) is 23.1. The van der Waals surface area contributed by atoms with E-state index in [1.165, 1.54) is 16.4 Å². The molecule has 1 aromatic heterocycles. The largest absolute Gasteiger partial charge is 0.466 e. The minimum Gasteiger partial charge on any atom is -0.466 e. The molecule has 1 amide bonds. The van der Waals surface area contributed by atoms with Crippen LogP contribution in [-0.2, 0) is 14.3 Å². The summed E-state index contributed by atoms with van der Waals surface area (Å²) in [5, 5.41) is 11.3. The molecular weight excluding hydrogens is 354 g/mol. The minimum absolute atomic E-state index is 0.154. The fourth-order valence-corrected chi connectivity index (χ4v) is 2.84. The number of nitrogen functional groups attached to an aromatic ring is 1. The monoisotopic (exact) mass is 377 g/mol. The van der Waals surface area contributed by atoms with Crippen LogP contribution in [0.25, 0.3) is 11.4 Å². The lowest BCUT2D eigenvalue weighted by Crippen LogP contribution is -2.27. The number of thioether (sulfide) groups is 1. The number of benzene rings is 1. The molecule has 0 aliphatic carbocycles. The smallest absolute Gasteiger partial charge is 0.305 e. The van der Waals surface area contributed by atoms with E-state index >= 15 is 0 Å². The van der Waals surface area contributed by atoms with Gasteiger partial charge in [-0.2, -0.15) is 0 Å². The number of nitrogens with two attached hydrogens (primary N) is 1. The Morgan fingerprint density at radius 1 is 1.27 bits per heavy atom. The molecule has 0 aliphatic heterocycles. The number of hydrogen-bond donors (Lipinski definition) is 2. The highest BCUT2D eigenvalue weighted by atomic mass is 32.2. The van der Waals surface area contributed by atoms with Crippen LogP contribution in [0.4, 0.5) is 0 Å². The van der Waals surface area contributed by atoms with E-state index in [0.29, 0.717) is 30.6 Å². The molecule has 2 rings (SSSR count). The molecule has 2 aromatic rings. The first-order valence-corrected chi connectivity index (χ1v) is 9.32. The number of esters is 1. The number of nitrogens with zero attached hydrogens (tertiary/aromatic N) is 3. The molecule has 0 spiro atoms. The van der Waals surface area contributed by atoms with E-state index in [4.69, 9.17) is 10.6 Å². The Bertz CT molecular complexity index is 745. The highest BCUT2D eigenvalue weighted by Crippen LogP contribution is 2.21. The molecule has 1 aromatic carbocycles. The van der Waals surface area contributed by atoms with Crippen LogP contribution in [0.1, 0.15) is 25.3 Å². The predicted molar refractivity (Wildman–Crippen MR) is 99.9 cm³/mol. The van der Waals surface area contributed by atoms with Crippen LogP contribution >= 0.6 is 11.8 Å². The third kappa shape index (κ3) is 5.76. The molecule has 0 atom stereocenters. The SMILES string of the molecule is CCOC(=O)CCCNC(=O)CSc1nnc(-c2ccc(C)cc2)n1N. The summed E-state index contributed by atoms with van der Waals surface area (Å²) in [7, 11) is 0. The van der Waals surface area contributed by atoms with Gasteiger partial charge in [0.15, 0.2) is 5.82 Å². The van der Waals surface area contributed by atoms with Gasteiger partial charge in [-0.15, -0.1) is 10.2 Å². The van der Waals surface area contributed by atoms with Crippen LogP contribution in [0.2, 0.25) is 0 Å². The third-order valence-corrected chi connectivity index (χ3v) is 4.43. The van der Waals surface area contributed by atoms with Crippen molar-refractivity contribution in [2.24, 2.45) is 0 Å². The van der Waals surface area contributed by atoms with Crippen molar-refractivity contribution in [2.45, 2.75) is 31.8 Å². The van der Waals surface area contributed by atoms with Gasteiger partial charge in [0.25, 0.3) is 0 Å². The minimum atomic E-state index is -0.254. The fourth-order valence-electron chi connectivity index (χ4n) is 2.15. The van der Waals surface area contributed by atoms with Crippen molar-refractivity contribution >= 4 is 23.6 Å². The zero-order valence-corrected chi connectivity index (χ0v) is 15.7.